The molecule has 0 unspecified atom stereocenters. The molecule has 0 bridgehead atoms. The predicted molar refractivity (Wildman–Crippen MR) is 66.2 cm³/mol. The number of methoxy groups -OCH3 is 1. The molecule has 1 amide bonds. The Morgan fingerprint density at radius 1 is 1.47 bits per heavy atom. The minimum absolute atomic E-state index is 0.168. The molecule has 5 heteroatoms. The average molecular weight is 238 g/mol. The lowest BCUT2D eigenvalue weighted by Crippen LogP contribution is -2.27. The summed E-state index contributed by atoms with van der Waals surface area (Å²) in [7, 11) is 1.54. The van der Waals surface area contributed by atoms with Crippen LogP contribution in [0.1, 0.15) is 17.3 Å². The van der Waals surface area contributed by atoms with Gasteiger partial charge in [-0.2, -0.15) is 0 Å². The third-order valence-electron chi connectivity index (χ3n) is 2.23. The summed E-state index contributed by atoms with van der Waals surface area (Å²) in [6, 6.07) is 4.94. The summed E-state index contributed by atoms with van der Waals surface area (Å²) in [5, 5.41) is 2.74. The van der Waals surface area contributed by atoms with E-state index in [1.807, 2.05) is 6.92 Å². The van der Waals surface area contributed by atoms with Gasteiger partial charge in [0.05, 0.1) is 19.4 Å². The second-order valence-corrected chi connectivity index (χ2v) is 3.41. The fourth-order valence-electron chi connectivity index (χ4n) is 1.36. The molecule has 0 aliphatic carbocycles. The maximum Gasteiger partial charge on any atom is 0.251 e. The molecule has 0 saturated carbocycles. The summed E-state index contributed by atoms with van der Waals surface area (Å²) < 4.78 is 10.1. The van der Waals surface area contributed by atoms with Crippen molar-refractivity contribution in [1.82, 2.24) is 5.32 Å². The largest absolute Gasteiger partial charge is 0.495 e. The first-order chi connectivity index (χ1) is 8.19. The zero-order valence-electron chi connectivity index (χ0n) is 10.2. The Labute approximate surface area is 101 Å². The van der Waals surface area contributed by atoms with Crippen LogP contribution in [-0.2, 0) is 4.74 Å². The van der Waals surface area contributed by atoms with Crippen molar-refractivity contribution in [2.75, 3.05) is 32.6 Å². The summed E-state index contributed by atoms with van der Waals surface area (Å²) in [5.41, 5.74) is 6.68. The molecular weight excluding hydrogens is 220 g/mol. The molecule has 0 radical (unpaired) electrons. The quantitative estimate of drug-likeness (QED) is 0.573. The van der Waals surface area contributed by atoms with Gasteiger partial charge >= 0.3 is 0 Å². The van der Waals surface area contributed by atoms with Crippen molar-refractivity contribution < 1.29 is 14.3 Å². The van der Waals surface area contributed by atoms with Gasteiger partial charge in [0.2, 0.25) is 0 Å². The van der Waals surface area contributed by atoms with Gasteiger partial charge in [0.1, 0.15) is 5.75 Å². The van der Waals surface area contributed by atoms with Crippen molar-refractivity contribution in [3.05, 3.63) is 23.8 Å². The fraction of sp³-hybridized carbons (Fsp3) is 0.417. The molecule has 5 nitrogen and oxygen atoms in total. The molecule has 1 aromatic rings. The first-order valence-corrected chi connectivity index (χ1v) is 5.48. The highest BCUT2D eigenvalue weighted by Crippen LogP contribution is 2.21. The monoisotopic (exact) mass is 238 g/mol. The maximum absolute atomic E-state index is 11.7. The van der Waals surface area contributed by atoms with Crippen LogP contribution in [0.2, 0.25) is 0 Å². The lowest BCUT2D eigenvalue weighted by molar-refractivity contribution is 0.0922. The third kappa shape index (κ3) is 3.96. The minimum Gasteiger partial charge on any atom is -0.495 e. The van der Waals surface area contributed by atoms with E-state index in [9.17, 15) is 4.79 Å². The SMILES string of the molecule is CCOCCNC(=O)c1ccc(OC)c(N)c1. The number of rotatable bonds is 6. The predicted octanol–water partition coefficient (Wildman–Crippen LogP) is 1.04. The number of nitrogens with one attached hydrogen (secondary N) is 1. The second-order valence-electron chi connectivity index (χ2n) is 3.41. The van der Waals surface area contributed by atoms with Gasteiger partial charge in [0, 0.05) is 18.7 Å². The van der Waals surface area contributed by atoms with Crippen LogP contribution in [0.3, 0.4) is 0 Å². The zero-order valence-corrected chi connectivity index (χ0v) is 10.2. The molecule has 1 aromatic carbocycles. The van der Waals surface area contributed by atoms with Gasteiger partial charge in [0.15, 0.2) is 0 Å². The standard InChI is InChI=1S/C12H18N2O3/c1-3-17-7-6-14-12(15)9-4-5-11(16-2)10(13)8-9/h4-5,8H,3,6-7,13H2,1-2H3,(H,14,15). The summed E-state index contributed by atoms with van der Waals surface area (Å²) in [6.07, 6.45) is 0. The molecule has 0 aliphatic heterocycles. The molecule has 0 fully saturated rings. The van der Waals surface area contributed by atoms with E-state index in [4.69, 9.17) is 15.2 Å². The third-order valence-corrected chi connectivity index (χ3v) is 2.23. The van der Waals surface area contributed by atoms with Crippen LogP contribution < -0.4 is 15.8 Å². The molecule has 0 aromatic heterocycles. The van der Waals surface area contributed by atoms with E-state index in [0.717, 1.165) is 0 Å². The van der Waals surface area contributed by atoms with Crippen molar-refractivity contribution in [3.63, 3.8) is 0 Å². The van der Waals surface area contributed by atoms with E-state index in [2.05, 4.69) is 5.32 Å². The van der Waals surface area contributed by atoms with Crippen molar-refractivity contribution in [2.24, 2.45) is 0 Å². The van der Waals surface area contributed by atoms with Gasteiger partial charge in [-0.3, -0.25) is 4.79 Å². The number of carbonyl (C=O) groups excluding carboxylic acids is 1. The Hall–Kier alpha value is -1.75. The van der Waals surface area contributed by atoms with Crippen molar-refractivity contribution >= 4 is 11.6 Å². The van der Waals surface area contributed by atoms with Crippen LogP contribution in [0.25, 0.3) is 0 Å². The Kier molecular flexibility index (Phi) is 5.29. The van der Waals surface area contributed by atoms with Gasteiger partial charge < -0.3 is 20.5 Å². The second kappa shape index (κ2) is 6.75. The fourth-order valence-corrected chi connectivity index (χ4v) is 1.36. The topological polar surface area (TPSA) is 73.6 Å². The van der Waals surface area contributed by atoms with Crippen LogP contribution in [0.15, 0.2) is 18.2 Å². The number of benzene rings is 1. The lowest BCUT2D eigenvalue weighted by atomic mass is 10.2. The molecule has 0 atom stereocenters. The lowest BCUT2D eigenvalue weighted by Gasteiger charge is -2.08. The first-order valence-electron chi connectivity index (χ1n) is 5.48. The Balaban J connectivity index is 2.54. The van der Waals surface area contributed by atoms with Crippen LogP contribution in [0, 0.1) is 0 Å². The first kappa shape index (κ1) is 13.3. The van der Waals surface area contributed by atoms with Gasteiger partial charge in [-0.1, -0.05) is 0 Å². The van der Waals surface area contributed by atoms with Crippen LogP contribution in [0.4, 0.5) is 5.69 Å². The van der Waals surface area contributed by atoms with E-state index in [0.29, 0.717) is 36.8 Å². The molecule has 0 heterocycles. The Morgan fingerprint density at radius 3 is 2.82 bits per heavy atom. The van der Waals surface area contributed by atoms with Crippen LogP contribution in [-0.4, -0.2) is 32.8 Å². The van der Waals surface area contributed by atoms with Crippen molar-refractivity contribution in [3.8, 4) is 5.75 Å². The number of hydrogen-bond donors (Lipinski definition) is 2. The van der Waals surface area contributed by atoms with E-state index in [1.165, 1.54) is 7.11 Å². The normalized spacial score (nSPS) is 10.0. The number of nitrogen functional groups attached to an aromatic ring is 1. The highest BCUT2D eigenvalue weighted by molar-refractivity contribution is 5.95. The van der Waals surface area contributed by atoms with E-state index >= 15 is 0 Å². The minimum atomic E-state index is -0.168. The van der Waals surface area contributed by atoms with Crippen molar-refractivity contribution in [1.29, 1.82) is 0 Å². The van der Waals surface area contributed by atoms with Gasteiger partial charge in [-0.25, -0.2) is 0 Å². The molecule has 94 valence electrons. The number of nitrogens with two attached hydrogens (primary N) is 1. The van der Waals surface area contributed by atoms with E-state index in [1.54, 1.807) is 18.2 Å². The Morgan fingerprint density at radius 2 is 2.24 bits per heavy atom. The molecule has 17 heavy (non-hydrogen) atoms. The zero-order chi connectivity index (χ0) is 12.7. The number of amides is 1. The van der Waals surface area contributed by atoms with Gasteiger partial charge in [-0.15, -0.1) is 0 Å². The van der Waals surface area contributed by atoms with E-state index < -0.39 is 0 Å². The molecule has 0 aliphatic rings. The maximum atomic E-state index is 11.7. The molecular formula is C12H18N2O3. The highest BCUT2D eigenvalue weighted by Gasteiger charge is 2.07. The summed E-state index contributed by atoms with van der Waals surface area (Å²) in [6.45, 7) is 3.55. The molecule has 0 saturated heterocycles. The smallest absolute Gasteiger partial charge is 0.251 e. The number of hydrogen-bond acceptors (Lipinski definition) is 4. The van der Waals surface area contributed by atoms with Gasteiger partial charge in [-0.05, 0) is 25.1 Å². The number of anilines is 1. The molecule has 0 spiro atoms. The van der Waals surface area contributed by atoms with Crippen LogP contribution >= 0.6 is 0 Å². The summed E-state index contributed by atoms with van der Waals surface area (Å²) >= 11 is 0. The number of ether oxygens (including phenoxy) is 2. The highest BCUT2D eigenvalue weighted by atomic mass is 16.5. The average Bonchev–Trinajstić information content (AvgIpc) is 2.34. The molecule has 1 rings (SSSR count). The van der Waals surface area contributed by atoms with E-state index in [-0.39, 0.29) is 5.91 Å². The Bertz CT molecular complexity index is 380. The summed E-state index contributed by atoms with van der Waals surface area (Å²) in [5.74, 6) is 0.398. The van der Waals surface area contributed by atoms with Crippen LogP contribution in [0.5, 0.6) is 5.75 Å². The molecule has 3 N–H and O–H groups in total. The van der Waals surface area contributed by atoms with Gasteiger partial charge in [0.25, 0.3) is 5.91 Å². The number of carbonyl (C=O) groups is 1. The summed E-state index contributed by atoms with van der Waals surface area (Å²) in [4.78, 5) is 11.7. The van der Waals surface area contributed by atoms with Crippen molar-refractivity contribution in [2.45, 2.75) is 6.92 Å².